The summed E-state index contributed by atoms with van der Waals surface area (Å²) in [7, 11) is 0. The normalized spacial score (nSPS) is 21.2. The Hall–Kier alpha value is -2.71. The van der Waals surface area contributed by atoms with Crippen LogP contribution in [0.25, 0.3) is 11.3 Å². The maximum atomic E-state index is 11.4. The standard InChI is InChI=1S/C17H19N3O5/c1-11-8-19(10-16(24-11)17(18)21)9-14-6-7-15(25-14)12-2-4-13(5-3-12)20(22)23/h2-7,11,16H,8-10H2,1H3,(H2,18,21)/t11-,16?/m1/s1. The monoisotopic (exact) mass is 345 g/mol. The smallest absolute Gasteiger partial charge is 0.269 e. The second-order valence-electron chi connectivity index (χ2n) is 6.10. The van der Waals surface area contributed by atoms with Gasteiger partial charge in [0.25, 0.3) is 5.69 Å². The van der Waals surface area contributed by atoms with Gasteiger partial charge >= 0.3 is 0 Å². The first kappa shape index (κ1) is 17.1. The average Bonchev–Trinajstić information content (AvgIpc) is 3.02. The Morgan fingerprint density at radius 2 is 2.00 bits per heavy atom. The van der Waals surface area contributed by atoms with E-state index in [1.807, 2.05) is 19.1 Å². The number of amides is 1. The molecule has 2 atom stereocenters. The molecule has 1 aliphatic rings. The number of ether oxygens (including phenoxy) is 1. The summed E-state index contributed by atoms with van der Waals surface area (Å²) in [5.74, 6) is 0.908. The van der Waals surface area contributed by atoms with Crippen LogP contribution in [0.1, 0.15) is 12.7 Å². The quantitative estimate of drug-likeness (QED) is 0.654. The van der Waals surface area contributed by atoms with Crippen LogP contribution in [0.5, 0.6) is 0 Å². The van der Waals surface area contributed by atoms with Crippen molar-refractivity contribution in [1.82, 2.24) is 4.90 Å². The Bertz CT molecular complexity index is 771. The fourth-order valence-electron chi connectivity index (χ4n) is 2.91. The number of nitro groups is 1. The number of benzene rings is 1. The number of rotatable bonds is 5. The molecule has 2 aromatic rings. The Morgan fingerprint density at radius 1 is 1.28 bits per heavy atom. The van der Waals surface area contributed by atoms with E-state index in [1.165, 1.54) is 12.1 Å². The Kier molecular flexibility index (Phi) is 4.82. The van der Waals surface area contributed by atoms with E-state index in [9.17, 15) is 14.9 Å². The van der Waals surface area contributed by atoms with E-state index in [0.29, 0.717) is 25.4 Å². The first-order chi connectivity index (χ1) is 11.9. The molecule has 1 saturated heterocycles. The highest BCUT2D eigenvalue weighted by Gasteiger charge is 2.29. The highest BCUT2D eigenvalue weighted by atomic mass is 16.6. The minimum atomic E-state index is -0.618. The molecule has 1 amide bonds. The molecule has 0 bridgehead atoms. The lowest BCUT2D eigenvalue weighted by atomic mass is 10.1. The van der Waals surface area contributed by atoms with Crippen LogP contribution < -0.4 is 5.73 Å². The van der Waals surface area contributed by atoms with Crippen molar-refractivity contribution in [2.45, 2.75) is 25.7 Å². The zero-order valence-electron chi connectivity index (χ0n) is 13.8. The van der Waals surface area contributed by atoms with Crippen LogP contribution >= 0.6 is 0 Å². The lowest BCUT2D eigenvalue weighted by Gasteiger charge is -2.34. The van der Waals surface area contributed by atoms with Crippen LogP contribution in [-0.4, -0.2) is 41.0 Å². The van der Waals surface area contributed by atoms with E-state index < -0.39 is 16.9 Å². The fraction of sp³-hybridized carbons (Fsp3) is 0.353. The molecule has 8 heteroatoms. The van der Waals surface area contributed by atoms with Gasteiger partial charge in [0.1, 0.15) is 17.6 Å². The lowest BCUT2D eigenvalue weighted by Crippen LogP contribution is -2.51. The van der Waals surface area contributed by atoms with Gasteiger partial charge in [0.2, 0.25) is 5.91 Å². The van der Waals surface area contributed by atoms with Crippen LogP contribution in [0, 0.1) is 10.1 Å². The number of furan rings is 1. The summed E-state index contributed by atoms with van der Waals surface area (Å²) in [5, 5.41) is 10.7. The molecule has 3 rings (SSSR count). The van der Waals surface area contributed by atoms with Gasteiger partial charge in [0.05, 0.1) is 17.6 Å². The summed E-state index contributed by atoms with van der Waals surface area (Å²) < 4.78 is 11.4. The number of primary amides is 1. The minimum Gasteiger partial charge on any atom is -0.460 e. The van der Waals surface area contributed by atoms with Crippen LogP contribution in [0.2, 0.25) is 0 Å². The zero-order chi connectivity index (χ0) is 18.0. The summed E-state index contributed by atoms with van der Waals surface area (Å²) in [6, 6.07) is 9.88. The molecular weight excluding hydrogens is 326 g/mol. The predicted molar refractivity (Wildman–Crippen MR) is 89.6 cm³/mol. The second kappa shape index (κ2) is 7.04. The molecule has 0 radical (unpaired) electrons. The summed E-state index contributed by atoms with van der Waals surface area (Å²) >= 11 is 0. The molecule has 0 saturated carbocycles. The second-order valence-corrected chi connectivity index (χ2v) is 6.10. The van der Waals surface area contributed by atoms with E-state index in [0.717, 1.165) is 11.3 Å². The number of nitrogens with zero attached hydrogens (tertiary/aromatic N) is 2. The highest BCUT2D eigenvalue weighted by Crippen LogP contribution is 2.25. The molecule has 1 unspecified atom stereocenters. The van der Waals surface area contributed by atoms with E-state index in [-0.39, 0.29) is 11.8 Å². The van der Waals surface area contributed by atoms with E-state index in [4.69, 9.17) is 14.9 Å². The van der Waals surface area contributed by atoms with Crippen molar-refractivity contribution >= 4 is 11.6 Å². The molecule has 132 valence electrons. The third-order valence-corrected chi connectivity index (χ3v) is 4.06. The van der Waals surface area contributed by atoms with Gasteiger partial charge in [-0.1, -0.05) is 0 Å². The molecule has 25 heavy (non-hydrogen) atoms. The molecule has 2 N–H and O–H groups in total. The SMILES string of the molecule is C[C@@H]1CN(Cc2ccc(-c3ccc([N+](=O)[O-])cc3)o2)CC(C(N)=O)O1. The summed E-state index contributed by atoms with van der Waals surface area (Å²) in [5.41, 5.74) is 6.14. The van der Waals surface area contributed by atoms with Gasteiger partial charge < -0.3 is 14.9 Å². The molecule has 8 nitrogen and oxygen atoms in total. The van der Waals surface area contributed by atoms with Crippen molar-refractivity contribution < 1.29 is 18.9 Å². The van der Waals surface area contributed by atoms with Crippen molar-refractivity contribution in [3.8, 4) is 11.3 Å². The highest BCUT2D eigenvalue weighted by molar-refractivity contribution is 5.79. The fourth-order valence-corrected chi connectivity index (χ4v) is 2.91. The van der Waals surface area contributed by atoms with Crippen LogP contribution in [0.3, 0.4) is 0 Å². The summed E-state index contributed by atoms with van der Waals surface area (Å²) in [6.07, 6.45) is -0.705. The Labute approximate surface area is 144 Å². The first-order valence-corrected chi connectivity index (χ1v) is 7.93. The van der Waals surface area contributed by atoms with Crippen molar-refractivity contribution in [1.29, 1.82) is 0 Å². The van der Waals surface area contributed by atoms with Crippen molar-refractivity contribution in [2.75, 3.05) is 13.1 Å². The number of hydrogen-bond acceptors (Lipinski definition) is 6. The minimum absolute atomic E-state index is 0.0373. The number of non-ortho nitro benzene ring substituents is 1. The van der Waals surface area contributed by atoms with E-state index in [1.54, 1.807) is 12.1 Å². The van der Waals surface area contributed by atoms with Gasteiger partial charge in [-0.15, -0.1) is 0 Å². The van der Waals surface area contributed by atoms with Crippen LogP contribution in [0.15, 0.2) is 40.8 Å². The first-order valence-electron chi connectivity index (χ1n) is 7.93. The maximum absolute atomic E-state index is 11.4. The van der Waals surface area contributed by atoms with Gasteiger partial charge in [-0.3, -0.25) is 19.8 Å². The summed E-state index contributed by atoms with van der Waals surface area (Å²) in [4.78, 5) is 23.7. The van der Waals surface area contributed by atoms with E-state index in [2.05, 4.69) is 4.90 Å². The number of hydrogen-bond donors (Lipinski definition) is 1. The van der Waals surface area contributed by atoms with Crippen molar-refractivity contribution in [2.24, 2.45) is 5.73 Å². The number of carbonyl (C=O) groups is 1. The van der Waals surface area contributed by atoms with Gasteiger partial charge in [0, 0.05) is 30.8 Å². The topological polar surface area (TPSA) is 112 Å². The molecule has 0 spiro atoms. The Balaban J connectivity index is 1.69. The molecule has 1 aliphatic heterocycles. The van der Waals surface area contributed by atoms with Crippen LogP contribution in [0.4, 0.5) is 5.69 Å². The zero-order valence-corrected chi connectivity index (χ0v) is 13.8. The number of nitrogens with two attached hydrogens (primary N) is 1. The van der Waals surface area contributed by atoms with Gasteiger partial charge in [-0.2, -0.15) is 0 Å². The van der Waals surface area contributed by atoms with Crippen LogP contribution in [-0.2, 0) is 16.1 Å². The Morgan fingerprint density at radius 3 is 2.64 bits per heavy atom. The van der Waals surface area contributed by atoms with Gasteiger partial charge in [0.15, 0.2) is 0 Å². The number of carbonyl (C=O) groups excluding carboxylic acids is 1. The van der Waals surface area contributed by atoms with Gasteiger partial charge in [-0.05, 0) is 31.2 Å². The predicted octanol–water partition coefficient (Wildman–Crippen LogP) is 1.93. The van der Waals surface area contributed by atoms with E-state index >= 15 is 0 Å². The van der Waals surface area contributed by atoms with Gasteiger partial charge in [-0.25, -0.2) is 0 Å². The summed E-state index contributed by atoms with van der Waals surface area (Å²) in [6.45, 7) is 3.53. The molecule has 1 fully saturated rings. The third-order valence-electron chi connectivity index (χ3n) is 4.06. The molecule has 0 aliphatic carbocycles. The maximum Gasteiger partial charge on any atom is 0.269 e. The largest absolute Gasteiger partial charge is 0.460 e. The third kappa shape index (κ3) is 4.04. The van der Waals surface area contributed by atoms with Crippen molar-refractivity contribution in [3.63, 3.8) is 0 Å². The van der Waals surface area contributed by atoms with Crippen molar-refractivity contribution in [3.05, 3.63) is 52.3 Å². The molecule has 1 aromatic heterocycles. The molecule has 2 heterocycles. The average molecular weight is 345 g/mol. The molecular formula is C17H19N3O5. The number of morpholine rings is 1. The lowest BCUT2D eigenvalue weighted by molar-refractivity contribution is -0.384. The molecule has 1 aromatic carbocycles. The number of nitro benzene ring substituents is 1.